The highest BCUT2D eigenvalue weighted by Crippen LogP contribution is 2.42. The van der Waals surface area contributed by atoms with Crippen LogP contribution in [0.3, 0.4) is 0 Å². The Morgan fingerprint density at radius 1 is 1.33 bits per heavy atom. The summed E-state index contributed by atoms with van der Waals surface area (Å²) >= 11 is 0. The maximum absolute atomic E-state index is 12.3. The average Bonchev–Trinajstić information content (AvgIpc) is 2.80. The van der Waals surface area contributed by atoms with Gasteiger partial charge in [0.15, 0.2) is 0 Å². The minimum absolute atomic E-state index is 0.221. The van der Waals surface area contributed by atoms with Crippen LogP contribution in [0.4, 0.5) is 0 Å². The minimum atomic E-state index is 0.221. The number of nitrogens with zero attached hydrogens (tertiary/aromatic N) is 1. The molecule has 0 aromatic rings. The SMILES string of the molecule is CC1(C)CCCCC1CC(=O)N1CCC(CO)C1. The highest BCUT2D eigenvalue weighted by atomic mass is 16.3. The molecule has 18 heavy (non-hydrogen) atoms. The van der Waals surface area contributed by atoms with E-state index in [2.05, 4.69) is 13.8 Å². The number of carbonyl (C=O) groups is 1. The standard InChI is InChI=1S/C15H27NO2/c1-15(2)7-4-3-5-13(15)9-14(18)16-8-6-12(10-16)11-17/h12-13,17H,3-11H2,1-2H3. The van der Waals surface area contributed by atoms with E-state index in [0.29, 0.717) is 29.6 Å². The third kappa shape index (κ3) is 3.05. The number of aliphatic hydroxyl groups excluding tert-OH is 1. The molecule has 1 heterocycles. The van der Waals surface area contributed by atoms with Gasteiger partial charge in [-0.05, 0) is 30.6 Å². The van der Waals surface area contributed by atoms with E-state index in [0.717, 1.165) is 19.5 Å². The first-order valence-electron chi connectivity index (χ1n) is 7.41. The second-order valence-electron chi connectivity index (χ2n) is 6.81. The van der Waals surface area contributed by atoms with E-state index in [4.69, 9.17) is 5.11 Å². The molecule has 2 fully saturated rings. The lowest BCUT2D eigenvalue weighted by Crippen LogP contribution is -2.35. The zero-order valence-electron chi connectivity index (χ0n) is 11.8. The van der Waals surface area contributed by atoms with Gasteiger partial charge in [0.25, 0.3) is 0 Å². The van der Waals surface area contributed by atoms with E-state index in [1.807, 2.05) is 4.90 Å². The van der Waals surface area contributed by atoms with Gasteiger partial charge in [-0.25, -0.2) is 0 Å². The quantitative estimate of drug-likeness (QED) is 0.839. The van der Waals surface area contributed by atoms with Gasteiger partial charge in [0.05, 0.1) is 0 Å². The Hall–Kier alpha value is -0.570. The van der Waals surface area contributed by atoms with Crippen LogP contribution in [0.25, 0.3) is 0 Å². The summed E-state index contributed by atoms with van der Waals surface area (Å²) < 4.78 is 0. The predicted octanol–water partition coefficient (Wildman–Crippen LogP) is 2.43. The number of likely N-dealkylation sites (tertiary alicyclic amines) is 1. The van der Waals surface area contributed by atoms with Crippen molar-refractivity contribution in [2.45, 2.75) is 52.4 Å². The molecule has 1 aliphatic heterocycles. The van der Waals surface area contributed by atoms with Gasteiger partial charge >= 0.3 is 0 Å². The summed E-state index contributed by atoms with van der Waals surface area (Å²) in [5.74, 6) is 1.17. The molecule has 1 saturated heterocycles. The summed E-state index contributed by atoms with van der Waals surface area (Å²) in [6, 6.07) is 0. The smallest absolute Gasteiger partial charge is 0.222 e. The topological polar surface area (TPSA) is 40.5 Å². The number of aliphatic hydroxyl groups is 1. The van der Waals surface area contributed by atoms with Crippen molar-refractivity contribution in [2.75, 3.05) is 19.7 Å². The first-order chi connectivity index (χ1) is 8.53. The molecule has 2 aliphatic rings. The number of hydrogen-bond acceptors (Lipinski definition) is 2. The first kappa shape index (κ1) is 13.9. The van der Waals surface area contributed by atoms with Gasteiger partial charge in [0.1, 0.15) is 0 Å². The van der Waals surface area contributed by atoms with E-state index >= 15 is 0 Å². The molecule has 1 aliphatic carbocycles. The van der Waals surface area contributed by atoms with Crippen molar-refractivity contribution in [3.05, 3.63) is 0 Å². The molecule has 3 heteroatoms. The fourth-order valence-corrected chi connectivity index (χ4v) is 3.49. The molecule has 1 N–H and O–H groups in total. The molecule has 1 saturated carbocycles. The van der Waals surface area contributed by atoms with Crippen molar-refractivity contribution >= 4 is 5.91 Å². The van der Waals surface area contributed by atoms with Gasteiger partial charge in [-0.2, -0.15) is 0 Å². The van der Waals surface area contributed by atoms with Crippen molar-refractivity contribution in [1.82, 2.24) is 4.90 Å². The number of amides is 1. The highest BCUT2D eigenvalue weighted by Gasteiger charge is 2.35. The van der Waals surface area contributed by atoms with Gasteiger partial charge in [-0.1, -0.05) is 26.7 Å². The average molecular weight is 253 g/mol. The van der Waals surface area contributed by atoms with E-state index in [-0.39, 0.29) is 6.61 Å². The van der Waals surface area contributed by atoms with Crippen molar-refractivity contribution < 1.29 is 9.90 Å². The molecular formula is C15H27NO2. The van der Waals surface area contributed by atoms with Gasteiger partial charge in [0, 0.05) is 32.0 Å². The molecule has 104 valence electrons. The van der Waals surface area contributed by atoms with Gasteiger partial charge in [-0.3, -0.25) is 4.79 Å². The summed E-state index contributed by atoms with van der Waals surface area (Å²) in [7, 11) is 0. The van der Waals surface area contributed by atoms with Crippen LogP contribution < -0.4 is 0 Å². The maximum Gasteiger partial charge on any atom is 0.222 e. The molecule has 3 nitrogen and oxygen atoms in total. The lowest BCUT2D eigenvalue weighted by atomic mass is 9.67. The largest absolute Gasteiger partial charge is 0.396 e. The van der Waals surface area contributed by atoms with E-state index in [1.165, 1.54) is 25.7 Å². The zero-order chi connectivity index (χ0) is 13.2. The molecule has 0 aromatic heterocycles. The Balaban J connectivity index is 1.87. The number of carbonyl (C=O) groups excluding carboxylic acids is 1. The predicted molar refractivity (Wildman–Crippen MR) is 72.1 cm³/mol. The normalized spacial score (nSPS) is 31.6. The van der Waals surface area contributed by atoms with Crippen molar-refractivity contribution in [3.8, 4) is 0 Å². The van der Waals surface area contributed by atoms with Crippen LogP contribution in [0.15, 0.2) is 0 Å². The lowest BCUT2D eigenvalue weighted by Gasteiger charge is -2.39. The Morgan fingerprint density at radius 2 is 2.11 bits per heavy atom. The van der Waals surface area contributed by atoms with Crippen LogP contribution in [-0.2, 0) is 4.79 Å². The summed E-state index contributed by atoms with van der Waals surface area (Å²) in [5.41, 5.74) is 0.323. The number of rotatable bonds is 3. The van der Waals surface area contributed by atoms with Crippen LogP contribution in [0.5, 0.6) is 0 Å². The van der Waals surface area contributed by atoms with E-state index in [9.17, 15) is 4.79 Å². The monoisotopic (exact) mass is 253 g/mol. The fourth-order valence-electron chi connectivity index (χ4n) is 3.49. The summed E-state index contributed by atoms with van der Waals surface area (Å²) in [6.45, 7) is 6.45. The molecule has 2 atom stereocenters. The summed E-state index contributed by atoms with van der Waals surface area (Å²) in [6.07, 6.45) is 6.73. The highest BCUT2D eigenvalue weighted by molar-refractivity contribution is 5.76. The van der Waals surface area contributed by atoms with Gasteiger partial charge < -0.3 is 10.0 Å². The van der Waals surface area contributed by atoms with Crippen LogP contribution >= 0.6 is 0 Å². The Morgan fingerprint density at radius 3 is 2.72 bits per heavy atom. The fraction of sp³-hybridized carbons (Fsp3) is 0.933. The second-order valence-corrected chi connectivity index (χ2v) is 6.81. The molecular weight excluding hydrogens is 226 g/mol. The molecule has 0 radical (unpaired) electrons. The third-order valence-electron chi connectivity index (χ3n) is 5.05. The number of hydrogen-bond donors (Lipinski definition) is 1. The van der Waals surface area contributed by atoms with Crippen molar-refractivity contribution in [3.63, 3.8) is 0 Å². The van der Waals surface area contributed by atoms with E-state index < -0.39 is 0 Å². The molecule has 2 rings (SSSR count). The molecule has 0 spiro atoms. The molecule has 0 aromatic carbocycles. The lowest BCUT2D eigenvalue weighted by molar-refractivity contribution is -0.132. The summed E-state index contributed by atoms with van der Waals surface area (Å²) in [4.78, 5) is 14.3. The second kappa shape index (κ2) is 5.60. The Labute approximate surface area is 111 Å². The zero-order valence-corrected chi connectivity index (χ0v) is 11.8. The van der Waals surface area contributed by atoms with Crippen molar-refractivity contribution in [1.29, 1.82) is 0 Å². The first-order valence-corrected chi connectivity index (χ1v) is 7.41. The van der Waals surface area contributed by atoms with Crippen LogP contribution in [-0.4, -0.2) is 35.6 Å². The Kier molecular flexibility index (Phi) is 4.31. The maximum atomic E-state index is 12.3. The van der Waals surface area contributed by atoms with E-state index in [1.54, 1.807) is 0 Å². The molecule has 0 bridgehead atoms. The van der Waals surface area contributed by atoms with Crippen LogP contribution in [0.2, 0.25) is 0 Å². The third-order valence-corrected chi connectivity index (χ3v) is 5.05. The van der Waals surface area contributed by atoms with Crippen LogP contribution in [0, 0.1) is 17.3 Å². The minimum Gasteiger partial charge on any atom is -0.396 e. The van der Waals surface area contributed by atoms with Crippen LogP contribution in [0.1, 0.15) is 52.4 Å². The Bertz CT molecular complexity index is 301. The van der Waals surface area contributed by atoms with Gasteiger partial charge in [-0.15, -0.1) is 0 Å². The van der Waals surface area contributed by atoms with Crippen molar-refractivity contribution in [2.24, 2.45) is 17.3 Å². The molecule has 1 amide bonds. The molecule has 2 unspecified atom stereocenters. The summed E-state index contributed by atoms with van der Waals surface area (Å²) in [5, 5.41) is 9.13. The van der Waals surface area contributed by atoms with Gasteiger partial charge in [0.2, 0.25) is 5.91 Å².